The third-order valence-electron chi connectivity index (χ3n) is 3.83. The number of para-hydroxylation sites is 1. The van der Waals surface area contributed by atoms with Gasteiger partial charge < -0.3 is 5.43 Å². The highest BCUT2D eigenvalue weighted by molar-refractivity contribution is 5.61. The average Bonchev–Trinajstić information content (AvgIpc) is 2.35. The predicted molar refractivity (Wildman–Crippen MR) is 74.1 cm³/mol. The number of anilines is 1. The molecule has 3 heteroatoms. The fourth-order valence-corrected chi connectivity index (χ4v) is 2.68. The standard InChI is InChI=1S/C15H21N3/c1-11-6-4-9-14(10-16)15(11)17-18-12(2)7-5-8-13(18)3/h4,6,9,12-13,17H,5,7-8H2,1-3H3. The van der Waals surface area contributed by atoms with E-state index in [1.54, 1.807) is 0 Å². The van der Waals surface area contributed by atoms with Gasteiger partial charge in [-0.1, -0.05) is 18.6 Å². The van der Waals surface area contributed by atoms with E-state index < -0.39 is 0 Å². The lowest BCUT2D eigenvalue weighted by molar-refractivity contribution is 0.135. The molecular formula is C15H21N3. The highest BCUT2D eigenvalue weighted by Crippen LogP contribution is 2.26. The van der Waals surface area contributed by atoms with Crippen LogP contribution < -0.4 is 5.43 Å². The minimum atomic E-state index is 0.514. The molecule has 1 fully saturated rings. The highest BCUT2D eigenvalue weighted by atomic mass is 15.5. The lowest BCUT2D eigenvalue weighted by Gasteiger charge is -2.40. The van der Waals surface area contributed by atoms with Crippen molar-refractivity contribution in [2.75, 3.05) is 5.43 Å². The molecule has 2 atom stereocenters. The molecule has 0 saturated carbocycles. The number of aryl methyl sites for hydroxylation is 1. The van der Waals surface area contributed by atoms with Gasteiger partial charge in [0.05, 0.1) is 11.3 Å². The minimum absolute atomic E-state index is 0.514. The predicted octanol–water partition coefficient (Wildman–Crippen LogP) is 3.46. The molecule has 2 rings (SSSR count). The van der Waals surface area contributed by atoms with Crippen molar-refractivity contribution in [3.8, 4) is 6.07 Å². The van der Waals surface area contributed by atoms with Crippen LogP contribution in [-0.4, -0.2) is 17.1 Å². The molecule has 96 valence electrons. The number of hydrogen-bond donors (Lipinski definition) is 1. The number of piperidine rings is 1. The summed E-state index contributed by atoms with van der Waals surface area (Å²) in [6.07, 6.45) is 3.72. The number of benzene rings is 1. The first-order valence-electron chi connectivity index (χ1n) is 6.68. The van der Waals surface area contributed by atoms with Gasteiger partial charge in [-0.25, -0.2) is 5.01 Å². The summed E-state index contributed by atoms with van der Waals surface area (Å²) < 4.78 is 0. The number of rotatable bonds is 2. The minimum Gasteiger partial charge on any atom is -0.317 e. The number of hydrogen-bond acceptors (Lipinski definition) is 3. The van der Waals surface area contributed by atoms with Crippen LogP contribution in [0.1, 0.15) is 44.2 Å². The molecular weight excluding hydrogens is 222 g/mol. The van der Waals surface area contributed by atoms with E-state index in [0.29, 0.717) is 12.1 Å². The van der Waals surface area contributed by atoms with Gasteiger partial charge in [0.15, 0.2) is 0 Å². The fourth-order valence-electron chi connectivity index (χ4n) is 2.68. The second-order valence-corrected chi connectivity index (χ2v) is 5.26. The van der Waals surface area contributed by atoms with E-state index >= 15 is 0 Å². The molecule has 2 unspecified atom stereocenters. The topological polar surface area (TPSA) is 39.1 Å². The van der Waals surface area contributed by atoms with Crippen LogP contribution in [0.5, 0.6) is 0 Å². The van der Waals surface area contributed by atoms with Crippen LogP contribution in [0.25, 0.3) is 0 Å². The molecule has 0 bridgehead atoms. The summed E-state index contributed by atoms with van der Waals surface area (Å²) in [5.74, 6) is 0. The molecule has 1 aromatic rings. The van der Waals surface area contributed by atoms with Gasteiger partial charge in [-0.2, -0.15) is 5.26 Å². The zero-order valence-electron chi connectivity index (χ0n) is 11.4. The van der Waals surface area contributed by atoms with E-state index in [1.165, 1.54) is 19.3 Å². The lowest BCUT2D eigenvalue weighted by Crippen LogP contribution is -2.47. The highest BCUT2D eigenvalue weighted by Gasteiger charge is 2.25. The first kappa shape index (κ1) is 12.9. The number of hydrazine groups is 1. The molecule has 1 saturated heterocycles. The fraction of sp³-hybridized carbons (Fsp3) is 0.533. The van der Waals surface area contributed by atoms with Crippen LogP contribution in [0.15, 0.2) is 18.2 Å². The molecule has 0 radical (unpaired) electrons. The quantitative estimate of drug-likeness (QED) is 0.864. The van der Waals surface area contributed by atoms with Crippen molar-refractivity contribution in [2.24, 2.45) is 0 Å². The van der Waals surface area contributed by atoms with Crippen LogP contribution in [0, 0.1) is 18.3 Å². The van der Waals surface area contributed by atoms with Crippen LogP contribution in [0.3, 0.4) is 0 Å². The van der Waals surface area contributed by atoms with E-state index in [4.69, 9.17) is 0 Å². The average molecular weight is 243 g/mol. The molecule has 0 amide bonds. The third kappa shape index (κ3) is 2.49. The summed E-state index contributed by atoms with van der Waals surface area (Å²) in [5.41, 5.74) is 6.28. The van der Waals surface area contributed by atoms with E-state index in [0.717, 1.165) is 16.8 Å². The van der Waals surface area contributed by atoms with E-state index in [2.05, 4.69) is 30.4 Å². The lowest BCUT2D eigenvalue weighted by atomic mass is 9.99. The first-order chi connectivity index (χ1) is 8.63. The Morgan fingerprint density at radius 2 is 1.94 bits per heavy atom. The largest absolute Gasteiger partial charge is 0.317 e. The second-order valence-electron chi connectivity index (χ2n) is 5.26. The maximum absolute atomic E-state index is 9.20. The van der Waals surface area contributed by atoms with Crippen molar-refractivity contribution in [1.82, 2.24) is 5.01 Å². The maximum Gasteiger partial charge on any atom is 0.101 e. The van der Waals surface area contributed by atoms with E-state index in [9.17, 15) is 5.26 Å². The van der Waals surface area contributed by atoms with Gasteiger partial charge in [0.1, 0.15) is 6.07 Å². The second kappa shape index (κ2) is 5.41. The Hall–Kier alpha value is -1.53. The van der Waals surface area contributed by atoms with Crippen LogP contribution >= 0.6 is 0 Å². The van der Waals surface area contributed by atoms with Crippen molar-refractivity contribution in [3.63, 3.8) is 0 Å². The Morgan fingerprint density at radius 1 is 1.28 bits per heavy atom. The first-order valence-corrected chi connectivity index (χ1v) is 6.68. The maximum atomic E-state index is 9.20. The van der Waals surface area contributed by atoms with Crippen molar-refractivity contribution < 1.29 is 0 Å². The Morgan fingerprint density at radius 3 is 2.56 bits per heavy atom. The molecule has 1 heterocycles. The molecule has 0 spiro atoms. The molecule has 0 aromatic heterocycles. The summed E-state index contributed by atoms with van der Waals surface area (Å²) in [6, 6.07) is 9.14. The molecule has 3 nitrogen and oxygen atoms in total. The van der Waals surface area contributed by atoms with Gasteiger partial charge in [0, 0.05) is 12.1 Å². The molecule has 0 aliphatic carbocycles. The summed E-state index contributed by atoms with van der Waals surface area (Å²) in [4.78, 5) is 0. The Labute approximate surface area is 109 Å². The molecule has 1 N–H and O–H groups in total. The summed E-state index contributed by atoms with van der Waals surface area (Å²) in [5, 5.41) is 11.5. The van der Waals surface area contributed by atoms with Crippen molar-refractivity contribution in [2.45, 2.75) is 52.1 Å². The van der Waals surface area contributed by atoms with Gasteiger partial charge in [-0.05, 0) is 45.2 Å². The zero-order chi connectivity index (χ0) is 13.1. The van der Waals surface area contributed by atoms with Gasteiger partial charge in [0.2, 0.25) is 0 Å². The van der Waals surface area contributed by atoms with Crippen molar-refractivity contribution in [1.29, 1.82) is 5.26 Å². The summed E-state index contributed by atoms with van der Waals surface area (Å²) in [6.45, 7) is 6.53. The Balaban J connectivity index is 2.25. The van der Waals surface area contributed by atoms with Crippen molar-refractivity contribution >= 4 is 5.69 Å². The molecule has 1 aliphatic rings. The smallest absolute Gasteiger partial charge is 0.101 e. The van der Waals surface area contributed by atoms with Crippen LogP contribution in [0.4, 0.5) is 5.69 Å². The van der Waals surface area contributed by atoms with Gasteiger partial charge in [-0.15, -0.1) is 0 Å². The zero-order valence-corrected chi connectivity index (χ0v) is 11.4. The molecule has 1 aromatic carbocycles. The Kier molecular flexibility index (Phi) is 3.88. The normalized spacial score (nSPS) is 24.6. The monoisotopic (exact) mass is 243 g/mol. The number of nitriles is 1. The molecule has 18 heavy (non-hydrogen) atoms. The SMILES string of the molecule is Cc1cccc(C#N)c1NN1C(C)CCCC1C. The van der Waals surface area contributed by atoms with Crippen LogP contribution in [-0.2, 0) is 0 Å². The summed E-state index contributed by atoms with van der Waals surface area (Å²) >= 11 is 0. The van der Waals surface area contributed by atoms with E-state index in [-0.39, 0.29) is 0 Å². The molecule has 1 aliphatic heterocycles. The van der Waals surface area contributed by atoms with Crippen molar-refractivity contribution in [3.05, 3.63) is 29.3 Å². The van der Waals surface area contributed by atoms with Gasteiger partial charge >= 0.3 is 0 Å². The third-order valence-corrected chi connectivity index (χ3v) is 3.83. The van der Waals surface area contributed by atoms with E-state index in [1.807, 2.05) is 25.1 Å². The van der Waals surface area contributed by atoms with Gasteiger partial charge in [0.25, 0.3) is 0 Å². The van der Waals surface area contributed by atoms with Crippen LogP contribution in [0.2, 0.25) is 0 Å². The Bertz CT molecular complexity index is 451. The number of nitrogens with one attached hydrogen (secondary N) is 1. The number of nitrogens with zero attached hydrogens (tertiary/aromatic N) is 2. The summed E-state index contributed by atoms with van der Waals surface area (Å²) in [7, 11) is 0. The van der Waals surface area contributed by atoms with Gasteiger partial charge in [-0.3, -0.25) is 0 Å².